The fraction of sp³-hybridized carbons (Fsp3) is 0.0625. The normalized spacial score (nSPS) is 12.2. The van der Waals surface area contributed by atoms with Crippen molar-refractivity contribution in [3.63, 3.8) is 0 Å². The van der Waals surface area contributed by atoms with Gasteiger partial charge in [-0.25, -0.2) is 0 Å². The number of sulfonamides is 1. The molecule has 0 aliphatic heterocycles. The number of nitrogens with zero attached hydrogens (tertiary/aromatic N) is 2. The van der Waals surface area contributed by atoms with E-state index in [-0.39, 0.29) is 26.2 Å². The zero-order valence-electron chi connectivity index (χ0n) is 13.2. The average molecular weight is 436 g/mol. The van der Waals surface area contributed by atoms with Gasteiger partial charge < -0.3 is 0 Å². The van der Waals surface area contributed by atoms with Crippen molar-refractivity contribution in [1.29, 1.82) is 0 Å². The van der Waals surface area contributed by atoms with E-state index in [2.05, 4.69) is 5.10 Å². The minimum Gasteiger partial charge on any atom is -0.200 e. The second kappa shape index (κ2) is 7.06. The average Bonchev–Trinajstić information content (AvgIpc) is 3.01. The van der Waals surface area contributed by atoms with E-state index in [1.807, 2.05) is 4.83 Å². The molecule has 0 amide bonds. The van der Waals surface area contributed by atoms with Crippen LogP contribution in [0.1, 0.15) is 5.69 Å². The van der Waals surface area contributed by atoms with E-state index in [4.69, 9.17) is 23.2 Å². The van der Waals surface area contributed by atoms with Crippen molar-refractivity contribution in [3.05, 3.63) is 70.3 Å². The molecule has 0 saturated carbocycles. The molecular formula is C16H10Cl2F3N3O2S. The fourth-order valence-electron chi connectivity index (χ4n) is 2.24. The van der Waals surface area contributed by atoms with Crippen LogP contribution in [0, 0.1) is 0 Å². The Morgan fingerprint density at radius 1 is 1.00 bits per heavy atom. The molecule has 0 aliphatic carbocycles. The van der Waals surface area contributed by atoms with E-state index in [1.54, 1.807) is 6.07 Å². The predicted octanol–water partition coefficient (Wildman–Crippen LogP) is 4.81. The minimum absolute atomic E-state index is 0.0770. The topological polar surface area (TPSA) is 64.0 Å². The van der Waals surface area contributed by atoms with Crippen molar-refractivity contribution in [2.45, 2.75) is 11.1 Å². The van der Waals surface area contributed by atoms with Crippen molar-refractivity contribution >= 4 is 33.2 Å². The lowest BCUT2D eigenvalue weighted by molar-refractivity contribution is -0.141. The highest BCUT2D eigenvalue weighted by atomic mass is 35.5. The Morgan fingerprint density at radius 2 is 1.67 bits per heavy atom. The number of hydrogen-bond donors (Lipinski definition) is 1. The first kappa shape index (κ1) is 19.5. The van der Waals surface area contributed by atoms with Gasteiger partial charge in [0.25, 0.3) is 10.0 Å². The SMILES string of the molecule is O=S(=O)(Nn1nc(C(F)(F)F)cc1-c1cc(Cl)ccc1Cl)c1ccccc1. The van der Waals surface area contributed by atoms with Crippen LogP contribution < -0.4 is 4.83 Å². The first-order chi connectivity index (χ1) is 12.6. The monoisotopic (exact) mass is 435 g/mol. The number of aromatic nitrogens is 2. The zero-order chi connectivity index (χ0) is 19.8. The van der Waals surface area contributed by atoms with Gasteiger partial charge in [0.1, 0.15) is 0 Å². The molecule has 0 fully saturated rings. The molecule has 1 heterocycles. The molecule has 1 N–H and O–H groups in total. The number of benzene rings is 2. The Kier molecular flexibility index (Phi) is 5.11. The molecule has 0 bridgehead atoms. The third kappa shape index (κ3) is 4.20. The van der Waals surface area contributed by atoms with E-state index in [0.29, 0.717) is 10.9 Å². The third-order valence-corrected chi connectivity index (χ3v) is 5.34. The van der Waals surface area contributed by atoms with E-state index >= 15 is 0 Å². The number of hydrogen-bond acceptors (Lipinski definition) is 3. The molecule has 1 aromatic heterocycles. The molecule has 142 valence electrons. The lowest BCUT2D eigenvalue weighted by atomic mass is 10.1. The molecular weight excluding hydrogens is 426 g/mol. The minimum atomic E-state index is -4.79. The summed E-state index contributed by atoms with van der Waals surface area (Å²) in [5.74, 6) is 0. The molecule has 0 unspecified atom stereocenters. The van der Waals surface area contributed by atoms with Gasteiger partial charge in [0, 0.05) is 10.6 Å². The first-order valence-electron chi connectivity index (χ1n) is 7.28. The largest absolute Gasteiger partial charge is 0.435 e. The van der Waals surface area contributed by atoms with E-state index in [0.717, 1.165) is 0 Å². The van der Waals surface area contributed by atoms with Gasteiger partial charge >= 0.3 is 6.18 Å². The summed E-state index contributed by atoms with van der Waals surface area (Å²) in [6, 6.07) is 12.0. The summed E-state index contributed by atoms with van der Waals surface area (Å²) in [4.78, 5) is 2.39. The van der Waals surface area contributed by atoms with Gasteiger partial charge in [-0.1, -0.05) is 41.4 Å². The van der Waals surface area contributed by atoms with Crippen LogP contribution in [0.2, 0.25) is 10.0 Å². The number of nitrogens with one attached hydrogen (secondary N) is 1. The van der Waals surface area contributed by atoms with Crippen molar-refractivity contribution in [1.82, 2.24) is 9.89 Å². The Hall–Kier alpha value is -2.23. The molecule has 3 aromatic rings. The van der Waals surface area contributed by atoms with Crippen LogP contribution in [0.5, 0.6) is 0 Å². The zero-order valence-corrected chi connectivity index (χ0v) is 15.5. The van der Waals surface area contributed by atoms with Crippen LogP contribution in [0.15, 0.2) is 59.5 Å². The molecule has 2 aromatic carbocycles. The highest BCUT2D eigenvalue weighted by Crippen LogP contribution is 2.35. The van der Waals surface area contributed by atoms with E-state index < -0.39 is 21.9 Å². The van der Waals surface area contributed by atoms with Crippen molar-refractivity contribution in [2.24, 2.45) is 0 Å². The van der Waals surface area contributed by atoms with Crippen LogP contribution in [-0.4, -0.2) is 18.3 Å². The summed E-state index contributed by atoms with van der Waals surface area (Å²) in [5, 5.41) is 3.63. The highest BCUT2D eigenvalue weighted by molar-refractivity contribution is 7.92. The van der Waals surface area contributed by atoms with Crippen LogP contribution in [0.3, 0.4) is 0 Å². The van der Waals surface area contributed by atoms with Crippen molar-refractivity contribution in [2.75, 3.05) is 4.83 Å². The van der Waals surface area contributed by atoms with Gasteiger partial charge in [-0.15, -0.1) is 5.10 Å². The summed E-state index contributed by atoms with van der Waals surface area (Å²) in [5.41, 5.74) is -1.42. The second-order valence-corrected chi connectivity index (χ2v) is 7.86. The van der Waals surface area contributed by atoms with Crippen molar-refractivity contribution < 1.29 is 21.6 Å². The summed E-state index contributed by atoms with van der Waals surface area (Å²) >= 11 is 12.0. The maximum absolute atomic E-state index is 13.1. The van der Waals surface area contributed by atoms with Crippen molar-refractivity contribution in [3.8, 4) is 11.3 Å². The summed E-state index contributed by atoms with van der Waals surface area (Å²) in [7, 11) is -4.19. The number of alkyl halides is 3. The Balaban J connectivity index is 2.15. The Morgan fingerprint density at radius 3 is 2.30 bits per heavy atom. The lowest BCUT2D eigenvalue weighted by Gasteiger charge is -2.12. The van der Waals surface area contributed by atoms with E-state index in [1.165, 1.54) is 42.5 Å². The van der Waals surface area contributed by atoms with Crippen LogP contribution in [0.25, 0.3) is 11.3 Å². The van der Waals surface area contributed by atoms with Crippen LogP contribution >= 0.6 is 23.2 Å². The molecule has 0 aliphatic rings. The fourth-order valence-corrected chi connectivity index (χ4v) is 3.62. The predicted molar refractivity (Wildman–Crippen MR) is 95.7 cm³/mol. The number of rotatable bonds is 4. The second-order valence-electron chi connectivity index (χ2n) is 5.36. The van der Waals surface area contributed by atoms with Crippen LogP contribution in [-0.2, 0) is 16.2 Å². The standard InChI is InChI=1S/C16H10Cl2F3N3O2S/c17-10-6-7-13(18)12(8-10)14-9-15(16(19,20)21)22-24(14)23-27(25,26)11-4-2-1-3-5-11/h1-9,23H. The Labute approximate surface area is 162 Å². The van der Waals surface area contributed by atoms with Crippen LogP contribution in [0.4, 0.5) is 13.2 Å². The molecule has 27 heavy (non-hydrogen) atoms. The summed E-state index contributed by atoms with van der Waals surface area (Å²) < 4.78 is 64.3. The number of halogens is 5. The molecule has 3 rings (SSSR count). The molecule has 0 radical (unpaired) electrons. The summed E-state index contributed by atoms with van der Waals surface area (Å²) in [6.07, 6.45) is -4.79. The Bertz CT molecular complexity index is 1080. The lowest BCUT2D eigenvalue weighted by Crippen LogP contribution is -2.25. The molecule has 5 nitrogen and oxygen atoms in total. The third-order valence-electron chi connectivity index (χ3n) is 3.46. The van der Waals surface area contributed by atoms with E-state index in [9.17, 15) is 21.6 Å². The quantitative estimate of drug-likeness (QED) is 0.639. The molecule has 0 atom stereocenters. The van der Waals surface area contributed by atoms with Gasteiger partial charge in [0.15, 0.2) is 5.69 Å². The van der Waals surface area contributed by atoms with Gasteiger partial charge in [-0.2, -0.15) is 31.2 Å². The first-order valence-corrected chi connectivity index (χ1v) is 9.52. The summed E-state index contributed by atoms with van der Waals surface area (Å²) in [6.45, 7) is 0. The maximum atomic E-state index is 13.1. The van der Waals surface area contributed by atoms with Gasteiger partial charge in [-0.3, -0.25) is 0 Å². The van der Waals surface area contributed by atoms with Gasteiger partial charge in [0.2, 0.25) is 0 Å². The van der Waals surface area contributed by atoms with Gasteiger partial charge in [-0.05, 0) is 36.4 Å². The maximum Gasteiger partial charge on any atom is 0.435 e. The smallest absolute Gasteiger partial charge is 0.200 e. The van der Waals surface area contributed by atoms with Gasteiger partial charge in [0.05, 0.1) is 15.6 Å². The molecule has 0 spiro atoms. The highest BCUT2D eigenvalue weighted by Gasteiger charge is 2.36. The molecule has 0 saturated heterocycles. The molecule has 11 heteroatoms.